The van der Waals surface area contributed by atoms with Crippen LogP contribution in [-0.4, -0.2) is 15.9 Å². The first kappa shape index (κ1) is 20.2. The minimum Gasteiger partial charge on any atom is -0.340 e. The lowest BCUT2D eigenvalue weighted by molar-refractivity contribution is -0.138. The number of hydrogen-bond donors (Lipinski definition) is 2. The topological polar surface area (TPSA) is 74.8 Å². The second-order valence-corrected chi connectivity index (χ2v) is 6.16. The third-order valence-corrected chi connectivity index (χ3v) is 4.20. The lowest BCUT2D eigenvalue weighted by Gasteiger charge is -2.22. The summed E-state index contributed by atoms with van der Waals surface area (Å²) in [5.74, 6) is -0.755. The molecular formula is C20H15F4N3O2. The van der Waals surface area contributed by atoms with Crippen molar-refractivity contribution in [3.63, 3.8) is 0 Å². The van der Waals surface area contributed by atoms with Crippen molar-refractivity contribution in [3.8, 4) is 0 Å². The van der Waals surface area contributed by atoms with Gasteiger partial charge in [-0.2, -0.15) is 13.2 Å². The molecule has 9 heteroatoms. The molecule has 0 aliphatic rings. The van der Waals surface area contributed by atoms with Crippen LogP contribution in [-0.2, 0) is 12.9 Å². The smallest absolute Gasteiger partial charge is 0.340 e. The van der Waals surface area contributed by atoms with Gasteiger partial charge in [0.1, 0.15) is 6.67 Å². The van der Waals surface area contributed by atoms with Crippen molar-refractivity contribution >= 4 is 5.91 Å². The van der Waals surface area contributed by atoms with Crippen molar-refractivity contribution in [1.29, 1.82) is 0 Å². The Morgan fingerprint density at radius 2 is 1.86 bits per heavy atom. The number of rotatable bonds is 5. The third-order valence-electron chi connectivity index (χ3n) is 4.20. The summed E-state index contributed by atoms with van der Waals surface area (Å²) in [5, 5.41) is 2.50. The van der Waals surface area contributed by atoms with E-state index in [-0.39, 0.29) is 11.1 Å². The van der Waals surface area contributed by atoms with Crippen molar-refractivity contribution in [2.75, 3.05) is 0 Å². The molecule has 0 unspecified atom stereocenters. The standard InChI is InChI=1S/C20H15F4N3O2/c21-11-12-3-5-13(6-4-12)17(18-15(20(22,23)24)2-1-8-26-18)27-19(29)14-7-9-25-16(28)10-14/h1-10,17H,11H2,(H,25,28)(H,27,29)/t17-/m0/s1. The highest BCUT2D eigenvalue weighted by atomic mass is 19.4. The molecule has 1 atom stereocenters. The fraction of sp³-hybridized carbons (Fsp3) is 0.150. The lowest BCUT2D eigenvalue weighted by Crippen LogP contribution is -2.32. The van der Waals surface area contributed by atoms with Gasteiger partial charge in [-0.15, -0.1) is 0 Å². The van der Waals surface area contributed by atoms with Crippen LogP contribution in [0.1, 0.15) is 38.8 Å². The molecule has 2 N–H and O–H groups in total. The number of halogens is 4. The first-order chi connectivity index (χ1) is 13.8. The molecule has 0 saturated heterocycles. The molecule has 0 aliphatic carbocycles. The first-order valence-electron chi connectivity index (χ1n) is 8.46. The Morgan fingerprint density at radius 1 is 1.14 bits per heavy atom. The van der Waals surface area contributed by atoms with Gasteiger partial charge >= 0.3 is 6.18 Å². The van der Waals surface area contributed by atoms with E-state index >= 15 is 0 Å². The van der Waals surface area contributed by atoms with Gasteiger partial charge in [0.25, 0.3) is 5.91 Å². The van der Waals surface area contributed by atoms with Crippen LogP contribution in [0.2, 0.25) is 0 Å². The summed E-state index contributed by atoms with van der Waals surface area (Å²) >= 11 is 0. The van der Waals surface area contributed by atoms with Crippen molar-refractivity contribution in [2.45, 2.75) is 18.9 Å². The van der Waals surface area contributed by atoms with Gasteiger partial charge in [0, 0.05) is 24.0 Å². The van der Waals surface area contributed by atoms with Crippen LogP contribution < -0.4 is 10.9 Å². The summed E-state index contributed by atoms with van der Waals surface area (Å²) in [5.41, 5.74) is -1.36. The summed E-state index contributed by atoms with van der Waals surface area (Å²) in [6.45, 7) is -0.735. The Balaban J connectivity index is 2.07. The van der Waals surface area contributed by atoms with Crippen LogP contribution >= 0.6 is 0 Å². The van der Waals surface area contributed by atoms with E-state index in [9.17, 15) is 27.2 Å². The summed E-state index contributed by atoms with van der Waals surface area (Å²) in [6, 6.07) is 8.77. The fourth-order valence-electron chi connectivity index (χ4n) is 2.80. The summed E-state index contributed by atoms with van der Waals surface area (Å²) in [6.07, 6.45) is -2.26. The number of benzene rings is 1. The maximum atomic E-state index is 13.5. The minimum absolute atomic E-state index is 0.0244. The molecule has 1 amide bonds. The van der Waals surface area contributed by atoms with Crippen molar-refractivity contribution in [1.82, 2.24) is 15.3 Å². The van der Waals surface area contributed by atoms with E-state index in [0.717, 1.165) is 18.2 Å². The van der Waals surface area contributed by atoms with Crippen LogP contribution in [0.3, 0.4) is 0 Å². The number of nitrogens with one attached hydrogen (secondary N) is 2. The number of H-pyrrole nitrogens is 1. The Bertz CT molecular complexity index is 1060. The number of aromatic amines is 1. The van der Waals surface area contributed by atoms with Crippen molar-refractivity contribution in [2.24, 2.45) is 0 Å². The highest BCUT2D eigenvalue weighted by Crippen LogP contribution is 2.35. The zero-order valence-corrected chi connectivity index (χ0v) is 14.8. The SMILES string of the molecule is O=C(N[C@@H](c1ccc(CF)cc1)c1ncccc1C(F)(F)F)c1cc[nH]c(=O)c1. The molecule has 3 aromatic rings. The average molecular weight is 405 g/mol. The zero-order chi connectivity index (χ0) is 21.0. The fourth-order valence-corrected chi connectivity index (χ4v) is 2.80. The molecule has 0 bridgehead atoms. The van der Waals surface area contributed by atoms with Crippen LogP contribution in [0.25, 0.3) is 0 Å². The predicted molar refractivity (Wildman–Crippen MR) is 96.9 cm³/mol. The van der Waals surface area contributed by atoms with E-state index in [4.69, 9.17) is 0 Å². The average Bonchev–Trinajstić information content (AvgIpc) is 2.71. The molecule has 0 radical (unpaired) electrons. The van der Waals surface area contributed by atoms with Gasteiger partial charge in [-0.25, -0.2) is 4.39 Å². The van der Waals surface area contributed by atoms with E-state index in [1.165, 1.54) is 42.7 Å². The molecule has 0 fully saturated rings. The molecular weight excluding hydrogens is 390 g/mol. The summed E-state index contributed by atoms with van der Waals surface area (Å²) in [7, 11) is 0. The van der Waals surface area contributed by atoms with Crippen molar-refractivity contribution in [3.05, 3.63) is 99.2 Å². The van der Waals surface area contributed by atoms with Gasteiger partial charge in [-0.3, -0.25) is 14.6 Å². The summed E-state index contributed by atoms with van der Waals surface area (Å²) < 4.78 is 53.3. The van der Waals surface area contributed by atoms with E-state index in [0.29, 0.717) is 5.56 Å². The molecule has 1 aromatic carbocycles. The molecule has 0 saturated carbocycles. The Labute approximate surface area is 162 Å². The largest absolute Gasteiger partial charge is 0.418 e. The number of aromatic nitrogens is 2. The number of pyridine rings is 2. The number of carbonyl (C=O) groups is 1. The number of hydrogen-bond acceptors (Lipinski definition) is 3. The van der Waals surface area contributed by atoms with Gasteiger partial charge in [0.2, 0.25) is 5.56 Å². The lowest BCUT2D eigenvalue weighted by atomic mass is 9.97. The van der Waals surface area contributed by atoms with E-state index in [1.54, 1.807) is 0 Å². The maximum Gasteiger partial charge on any atom is 0.418 e. The minimum atomic E-state index is -4.70. The van der Waals surface area contributed by atoms with Gasteiger partial charge in [-0.1, -0.05) is 24.3 Å². The number of amides is 1. The zero-order valence-electron chi connectivity index (χ0n) is 14.8. The number of nitrogens with zero attached hydrogens (tertiary/aromatic N) is 1. The molecule has 29 heavy (non-hydrogen) atoms. The van der Waals surface area contributed by atoms with E-state index in [2.05, 4.69) is 15.3 Å². The molecule has 150 valence electrons. The second kappa shape index (κ2) is 8.26. The highest BCUT2D eigenvalue weighted by Gasteiger charge is 2.37. The van der Waals surface area contributed by atoms with Gasteiger partial charge < -0.3 is 10.3 Å². The quantitative estimate of drug-likeness (QED) is 0.635. The summed E-state index contributed by atoms with van der Waals surface area (Å²) in [4.78, 5) is 30.3. The second-order valence-electron chi connectivity index (χ2n) is 6.16. The van der Waals surface area contributed by atoms with E-state index in [1.807, 2.05) is 0 Å². The molecule has 2 heterocycles. The Morgan fingerprint density at radius 3 is 2.48 bits per heavy atom. The monoisotopic (exact) mass is 405 g/mol. The van der Waals surface area contributed by atoms with Crippen LogP contribution in [0.5, 0.6) is 0 Å². The first-order valence-corrected chi connectivity index (χ1v) is 8.46. The van der Waals surface area contributed by atoms with Gasteiger partial charge in [-0.05, 0) is 29.3 Å². The van der Waals surface area contributed by atoms with Crippen LogP contribution in [0.4, 0.5) is 17.6 Å². The Hall–Kier alpha value is -3.49. The predicted octanol–water partition coefficient (Wildman–Crippen LogP) is 3.78. The number of alkyl halides is 4. The van der Waals surface area contributed by atoms with Crippen LogP contribution in [0, 0.1) is 0 Å². The van der Waals surface area contributed by atoms with Gasteiger partial charge in [0.05, 0.1) is 17.3 Å². The highest BCUT2D eigenvalue weighted by molar-refractivity contribution is 5.94. The third kappa shape index (κ3) is 4.68. The number of carbonyl (C=O) groups excluding carboxylic acids is 1. The molecule has 0 spiro atoms. The molecule has 5 nitrogen and oxygen atoms in total. The molecule has 2 aromatic heterocycles. The van der Waals surface area contributed by atoms with Gasteiger partial charge in [0.15, 0.2) is 0 Å². The molecule has 3 rings (SSSR count). The van der Waals surface area contributed by atoms with Crippen LogP contribution in [0.15, 0.2) is 65.7 Å². The normalized spacial score (nSPS) is 12.4. The maximum absolute atomic E-state index is 13.5. The Kier molecular flexibility index (Phi) is 5.76. The molecule has 0 aliphatic heterocycles. The van der Waals surface area contributed by atoms with E-state index < -0.39 is 41.6 Å². The van der Waals surface area contributed by atoms with Crippen molar-refractivity contribution < 1.29 is 22.4 Å².